The third-order valence-electron chi connectivity index (χ3n) is 1.97. The topological polar surface area (TPSA) is 41.8 Å². The first-order valence-corrected chi connectivity index (χ1v) is 4.67. The van der Waals surface area contributed by atoms with Crippen LogP contribution in [0, 0.1) is 0 Å². The third-order valence-corrected chi connectivity index (χ3v) is 1.97. The number of unbranched alkanes of at least 4 members (excludes halogenated alkanes) is 2. The zero-order valence-electron chi connectivity index (χ0n) is 7.62. The van der Waals surface area contributed by atoms with E-state index in [4.69, 9.17) is 9.84 Å². The first-order chi connectivity index (χ1) is 5.86. The molecule has 3 nitrogen and oxygen atoms in total. The molecule has 0 saturated heterocycles. The van der Waals surface area contributed by atoms with Crippen molar-refractivity contribution in [2.75, 3.05) is 13.2 Å². The summed E-state index contributed by atoms with van der Waals surface area (Å²) in [6, 6.07) is 0.00151. The van der Waals surface area contributed by atoms with Crippen LogP contribution in [0.3, 0.4) is 0 Å². The van der Waals surface area contributed by atoms with Gasteiger partial charge in [-0.1, -0.05) is 19.8 Å². The minimum Gasteiger partial charge on any atom is -0.479 e. The van der Waals surface area contributed by atoms with Crippen LogP contribution in [-0.2, 0) is 4.74 Å². The summed E-state index contributed by atoms with van der Waals surface area (Å²) in [5.74, 6) is 0.836. The van der Waals surface area contributed by atoms with Crippen molar-refractivity contribution in [3.05, 3.63) is 0 Å². The molecule has 1 atom stereocenters. The summed E-state index contributed by atoms with van der Waals surface area (Å²) in [6.45, 7) is 2.85. The van der Waals surface area contributed by atoms with Gasteiger partial charge >= 0.3 is 0 Å². The van der Waals surface area contributed by atoms with Gasteiger partial charge in [0, 0.05) is 6.42 Å². The van der Waals surface area contributed by atoms with E-state index in [1.54, 1.807) is 0 Å². The molecule has 0 saturated carbocycles. The highest BCUT2D eigenvalue weighted by atomic mass is 16.5. The summed E-state index contributed by atoms with van der Waals surface area (Å²) in [5, 5.41) is 8.77. The Balaban J connectivity index is 2.16. The minimum atomic E-state index is 0.00151. The van der Waals surface area contributed by atoms with Gasteiger partial charge in [0.25, 0.3) is 0 Å². The van der Waals surface area contributed by atoms with Crippen molar-refractivity contribution in [2.24, 2.45) is 4.99 Å². The number of nitrogens with zero attached hydrogens (tertiary/aromatic N) is 1. The average molecular weight is 171 g/mol. The number of hydrogen-bond donors (Lipinski definition) is 1. The van der Waals surface area contributed by atoms with Gasteiger partial charge in [-0.15, -0.1) is 0 Å². The second kappa shape index (κ2) is 5.14. The van der Waals surface area contributed by atoms with Crippen molar-refractivity contribution in [1.29, 1.82) is 0 Å². The Morgan fingerprint density at radius 3 is 3.00 bits per heavy atom. The van der Waals surface area contributed by atoms with Crippen LogP contribution >= 0.6 is 0 Å². The van der Waals surface area contributed by atoms with Crippen molar-refractivity contribution >= 4 is 5.90 Å². The molecule has 0 fully saturated rings. The highest BCUT2D eigenvalue weighted by Crippen LogP contribution is 2.09. The van der Waals surface area contributed by atoms with Crippen molar-refractivity contribution < 1.29 is 9.84 Å². The molecule has 0 aromatic heterocycles. The monoisotopic (exact) mass is 171 g/mol. The molecule has 70 valence electrons. The van der Waals surface area contributed by atoms with Gasteiger partial charge in [-0.25, -0.2) is 4.99 Å². The van der Waals surface area contributed by atoms with Crippen LogP contribution in [0.2, 0.25) is 0 Å². The molecule has 1 aliphatic heterocycles. The highest BCUT2D eigenvalue weighted by Gasteiger charge is 2.16. The Labute approximate surface area is 73.5 Å². The molecule has 0 amide bonds. The van der Waals surface area contributed by atoms with E-state index in [1.807, 2.05) is 0 Å². The normalized spacial score (nSPS) is 22.2. The van der Waals surface area contributed by atoms with Gasteiger partial charge in [-0.2, -0.15) is 0 Å². The molecule has 1 rings (SSSR count). The number of ether oxygens (including phenoxy) is 1. The van der Waals surface area contributed by atoms with E-state index in [-0.39, 0.29) is 12.6 Å². The summed E-state index contributed by atoms with van der Waals surface area (Å²) in [4.78, 5) is 4.22. The van der Waals surface area contributed by atoms with Gasteiger partial charge in [-0.3, -0.25) is 0 Å². The molecule has 12 heavy (non-hydrogen) atoms. The molecule has 1 heterocycles. The number of aliphatic hydroxyl groups excluding tert-OH is 1. The fourth-order valence-electron chi connectivity index (χ4n) is 1.23. The van der Waals surface area contributed by atoms with Gasteiger partial charge in [0.1, 0.15) is 12.6 Å². The van der Waals surface area contributed by atoms with Gasteiger partial charge in [0.05, 0.1) is 6.61 Å². The van der Waals surface area contributed by atoms with E-state index < -0.39 is 0 Å². The van der Waals surface area contributed by atoms with Crippen LogP contribution in [0.15, 0.2) is 4.99 Å². The van der Waals surface area contributed by atoms with Crippen LogP contribution in [0.1, 0.15) is 32.6 Å². The quantitative estimate of drug-likeness (QED) is 0.634. The zero-order valence-corrected chi connectivity index (χ0v) is 7.62. The van der Waals surface area contributed by atoms with E-state index in [1.165, 1.54) is 12.8 Å². The van der Waals surface area contributed by atoms with Crippen molar-refractivity contribution in [1.82, 2.24) is 0 Å². The number of hydrogen-bond acceptors (Lipinski definition) is 3. The van der Waals surface area contributed by atoms with Crippen LogP contribution in [0.4, 0.5) is 0 Å². The maximum atomic E-state index is 8.77. The predicted octanol–water partition coefficient (Wildman–Crippen LogP) is 1.36. The highest BCUT2D eigenvalue weighted by molar-refractivity contribution is 5.77. The lowest BCUT2D eigenvalue weighted by Crippen LogP contribution is -2.10. The van der Waals surface area contributed by atoms with Crippen LogP contribution in [-0.4, -0.2) is 30.3 Å². The summed E-state index contributed by atoms with van der Waals surface area (Å²) in [7, 11) is 0. The number of aliphatic hydroxyl groups is 1. The molecule has 3 heteroatoms. The Morgan fingerprint density at radius 2 is 2.42 bits per heavy atom. The van der Waals surface area contributed by atoms with Gasteiger partial charge in [0.15, 0.2) is 5.90 Å². The minimum absolute atomic E-state index is 0.00151. The summed E-state index contributed by atoms with van der Waals surface area (Å²) in [5.41, 5.74) is 0. The lowest BCUT2D eigenvalue weighted by atomic mass is 10.2. The smallest absolute Gasteiger partial charge is 0.183 e. The SMILES string of the molecule is CCCCCC1=NC(CO)CO1. The Hall–Kier alpha value is -0.570. The second-order valence-corrected chi connectivity index (χ2v) is 3.13. The molecule has 1 unspecified atom stereocenters. The van der Waals surface area contributed by atoms with E-state index in [9.17, 15) is 0 Å². The Kier molecular flexibility index (Phi) is 4.08. The maximum Gasteiger partial charge on any atom is 0.183 e. The molecular formula is C9H17NO2. The standard InChI is InChI=1S/C9H17NO2/c1-2-3-4-5-9-10-8(6-11)7-12-9/h8,11H,2-7H2,1H3. The fraction of sp³-hybridized carbons (Fsp3) is 0.889. The summed E-state index contributed by atoms with van der Waals surface area (Å²) < 4.78 is 5.29. The van der Waals surface area contributed by atoms with E-state index in [2.05, 4.69) is 11.9 Å². The predicted molar refractivity (Wildman–Crippen MR) is 48.4 cm³/mol. The van der Waals surface area contributed by atoms with Crippen LogP contribution in [0.25, 0.3) is 0 Å². The maximum absolute atomic E-state index is 8.77. The molecule has 0 bridgehead atoms. The first kappa shape index (κ1) is 9.52. The van der Waals surface area contributed by atoms with E-state index in [0.29, 0.717) is 6.61 Å². The molecule has 0 aromatic rings. The van der Waals surface area contributed by atoms with Gasteiger partial charge in [0.2, 0.25) is 0 Å². The Bertz CT molecular complexity index is 157. The van der Waals surface area contributed by atoms with Crippen molar-refractivity contribution in [3.8, 4) is 0 Å². The summed E-state index contributed by atoms with van der Waals surface area (Å²) >= 11 is 0. The van der Waals surface area contributed by atoms with Crippen molar-refractivity contribution in [2.45, 2.75) is 38.6 Å². The van der Waals surface area contributed by atoms with E-state index >= 15 is 0 Å². The van der Waals surface area contributed by atoms with Gasteiger partial charge < -0.3 is 9.84 Å². The molecule has 0 aliphatic carbocycles. The zero-order chi connectivity index (χ0) is 8.81. The third kappa shape index (κ3) is 2.81. The van der Waals surface area contributed by atoms with Gasteiger partial charge in [-0.05, 0) is 6.42 Å². The van der Waals surface area contributed by atoms with E-state index in [0.717, 1.165) is 18.7 Å². The van der Waals surface area contributed by atoms with Crippen LogP contribution < -0.4 is 0 Å². The average Bonchev–Trinajstić information content (AvgIpc) is 2.53. The molecule has 0 radical (unpaired) electrons. The molecule has 0 spiro atoms. The molecule has 1 N–H and O–H groups in total. The first-order valence-electron chi connectivity index (χ1n) is 4.67. The lowest BCUT2D eigenvalue weighted by Gasteiger charge is -1.99. The second-order valence-electron chi connectivity index (χ2n) is 3.13. The molecular weight excluding hydrogens is 154 g/mol. The molecule has 1 aliphatic rings. The summed E-state index contributed by atoms with van der Waals surface area (Å²) in [6.07, 6.45) is 4.53. The lowest BCUT2D eigenvalue weighted by molar-refractivity contribution is 0.226. The largest absolute Gasteiger partial charge is 0.479 e. The van der Waals surface area contributed by atoms with Crippen molar-refractivity contribution in [3.63, 3.8) is 0 Å². The number of rotatable bonds is 5. The number of aliphatic imine (C=N–C) groups is 1. The van der Waals surface area contributed by atoms with Crippen LogP contribution in [0.5, 0.6) is 0 Å². The Morgan fingerprint density at radius 1 is 1.58 bits per heavy atom. The fourth-order valence-corrected chi connectivity index (χ4v) is 1.23. The molecule has 0 aromatic carbocycles.